The first-order valence-corrected chi connectivity index (χ1v) is 10.0. The number of thiophene rings is 1. The van der Waals surface area contributed by atoms with Crippen LogP contribution >= 0.6 is 11.3 Å². The van der Waals surface area contributed by atoms with Gasteiger partial charge in [-0.2, -0.15) is 4.57 Å². The van der Waals surface area contributed by atoms with Crippen LogP contribution in [0, 0.1) is 12.8 Å². The molecular formula is C22H23N2OS+. The second kappa shape index (κ2) is 5.34. The van der Waals surface area contributed by atoms with Gasteiger partial charge in [-0.3, -0.25) is 0 Å². The van der Waals surface area contributed by atoms with E-state index < -0.39 is 0 Å². The number of aryl methyl sites for hydroxylation is 2. The van der Waals surface area contributed by atoms with Crippen LogP contribution < -0.4 is 9.30 Å². The molecule has 0 N–H and O–H groups in total. The lowest BCUT2D eigenvalue weighted by Gasteiger charge is -2.20. The third-order valence-corrected chi connectivity index (χ3v) is 6.67. The largest absolute Gasteiger partial charge is 0.448 e. The van der Waals surface area contributed by atoms with Crippen molar-refractivity contribution >= 4 is 32.5 Å². The topological polar surface area (TPSA) is 18.0 Å². The van der Waals surface area contributed by atoms with Crippen LogP contribution in [0.2, 0.25) is 0 Å². The van der Waals surface area contributed by atoms with Gasteiger partial charge in [0.15, 0.2) is 0 Å². The maximum absolute atomic E-state index is 6.56. The van der Waals surface area contributed by atoms with Crippen molar-refractivity contribution in [1.82, 2.24) is 4.57 Å². The zero-order valence-electron chi connectivity index (χ0n) is 15.9. The summed E-state index contributed by atoms with van der Waals surface area (Å²) in [5.41, 5.74) is 6.45. The third-order valence-electron chi connectivity index (χ3n) is 5.63. The van der Waals surface area contributed by atoms with Gasteiger partial charge in [0.1, 0.15) is 17.6 Å². The quantitative estimate of drug-likeness (QED) is 0.379. The minimum absolute atomic E-state index is 0.569. The SMILES string of the molecule is Cc1c2c3c(csc3n1C)Oc1c(CC(C)C)c3ccccc3[n+](C)c1-2. The van der Waals surface area contributed by atoms with E-state index in [0.29, 0.717) is 5.92 Å². The molecule has 0 bridgehead atoms. The van der Waals surface area contributed by atoms with E-state index in [9.17, 15) is 0 Å². The van der Waals surface area contributed by atoms with Gasteiger partial charge in [-0.05, 0) is 25.3 Å². The molecule has 4 aromatic rings. The molecule has 0 spiro atoms. The molecule has 4 heteroatoms. The molecule has 0 unspecified atom stereocenters. The summed E-state index contributed by atoms with van der Waals surface area (Å²) >= 11 is 1.77. The van der Waals surface area contributed by atoms with Crippen LogP contribution in [0.1, 0.15) is 25.1 Å². The average molecular weight is 364 g/mol. The van der Waals surface area contributed by atoms with Crippen molar-refractivity contribution in [2.75, 3.05) is 0 Å². The Morgan fingerprint density at radius 1 is 1.23 bits per heavy atom. The molecule has 0 radical (unpaired) electrons. The van der Waals surface area contributed by atoms with E-state index in [-0.39, 0.29) is 0 Å². The van der Waals surface area contributed by atoms with E-state index in [2.05, 4.69) is 73.6 Å². The fourth-order valence-corrected chi connectivity index (χ4v) is 5.35. The molecule has 1 aliphatic rings. The highest BCUT2D eigenvalue weighted by Gasteiger charge is 2.36. The predicted octanol–water partition coefficient (Wildman–Crippen LogP) is 5.50. The summed E-state index contributed by atoms with van der Waals surface area (Å²) in [5, 5.41) is 4.72. The van der Waals surface area contributed by atoms with Crippen molar-refractivity contribution < 1.29 is 9.30 Å². The molecule has 0 amide bonds. The van der Waals surface area contributed by atoms with Gasteiger partial charge in [0.05, 0.1) is 16.3 Å². The Balaban J connectivity index is 1.98. The van der Waals surface area contributed by atoms with Gasteiger partial charge >= 0.3 is 0 Å². The minimum Gasteiger partial charge on any atom is -0.448 e. The standard InChI is InChI=1S/C22H23N2OS/c1-12(2)10-15-14-8-6-7-9-16(14)24(5)20-18-13(3)23(4)22-19(18)17(11-26-22)25-21(15)20/h6-9,11-12H,10H2,1-5H3/q+1. The lowest BCUT2D eigenvalue weighted by Crippen LogP contribution is -2.34. The van der Waals surface area contributed by atoms with Crippen molar-refractivity contribution in [3.8, 4) is 22.8 Å². The van der Waals surface area contributed by atoms with E-state index in [1.807, 2.05) is 0 Å². The highest BCUT2D eigenvalue weighted by molar-refractivity contribution is 7.17. The Bertz CT molecular complexity index is 1200. The van der Waals surface area contributed by atoms with Crippen molar-refractivity contribution in [3.05, 3.63) is 40.9 Å². The number of aromatic nitrogens is 2. The molecule has 0 saturated heterocycles. The summed E-state index contributed by atoms with van der Waals surface area (Å²) < 4.78 is 11.2. The second-order valence-corrected chi connectivity index (χ2v) is 8.59. The number of para-hydroxylation sites is 1. The Hall–Kier alpha value is -2.33. The van der Waals surface area contributed by atoms with Crippen molar-refractivity contribution in [2.24, 2.45) is 20.0 Å². The zero-order chi connectivity index (χ0) is 18.2. The lowest BCUT2D eigenvalue weighted by atomic mass is 9.93. The fraction of sp³-hybridized carbons (Fsp3) is 0.318. The van der Waals surface area contributed by atoms with Crippen LogP contribution in [-0.4, -0.2) is 4.57 Å². The molecule has 1 aromatic carbocycles. The predicted molar refractivity (Wildman–Crippen MR) is 108 cm³/mol. The highest BCUT2D eigenvalue weighted by atomic mass is 32.1. The van der Waals surface area contributed by atoms with Gasteiger partial charge in [0.2, 0.25) is 11.3 Å². The van der Waals surface area contributed by atoms with Crippen molar-refractivity contribution in [3.63, 3.8) is 0 Å². The van der Waals surface area contributed by atoms with E-state index in [1.54, 1.807) is 11.3 Å². The number of pyridine rings is 1. The first-order valence-electron chi connectivity index (χ1n) is 9.17. The number of hydrogen-bond donors (Lipinski definition) is 0. The molecule has 0 aliphatic carbocycles. The summed E-state index contributed by atoms with van der Waals surface area (Å²) in [6.07, 6.45) is 1.01. The summed E-state index contributed by atoms with van der Waals surface area (Å²) in [6, 6.07) is 8.70. The van der Waals surface area contributed by atoms with Gasteiger partial charge in [0, 0.05) is 29.8 Å². The maximum Gasteiger partial charge on any atom is 0.258 e. The molecule has 0 saturated carbocycles. The van der Waals surface area contributed by atoms with Crippen LogP contribution in [-0.2, 0) is 20.5 Å². The molecule has 5 rings (SSSR count). The molecule has 132 valence electrons. The Morgan fingerprint density at radius 2 is 2.00 bits per heavy atom. The van der Waals surface area contributed by atoms with E-state index in [4.69, 9.17) is 4.74 Å². The normalized spacial score (nSPS) is 12.8. The van der Waals surface area contributed by atoms with Gasteiger partial charge in [0.25, 0.3) is 5.69 Å². The smallest absolute Gasteiger partial charge is 0.258 e. The van der Waals surface area contributed by atoms with Crippen LogP contribution in [0.15, 0.2) is 29.6 Å². The summed E-state index contributed by atoms with van der Waals surface area (Å²) in [4.78, 5) is 1.29. The number of fused-ring (bicyclic) bond motifs is 3. The fourth-order valence-electron chi connectivity index (χ4n) is 4.35. The summed E-state index contributed by atoms with van der Waals surface area (Å²) in [5.74, 6) is 2.62. The number of ether oxygens (including phenoxy) is 1. The first kappa shape index (κ1) is 15.9. The monoisotopic (exact) mass is 363 g/mol. The van der Waals surface area contributed by atoms with Crippen LogP contribution in [0.3, 0.4) is 0 Å². The van der Waals surface area contributed by atoms with Gasteiger partial charge in [-0.15, -0.1) is 11.3 Å². The van der Waals surface area contributed by atoms with Crippen LogP contribution in [0.25, 0.3) is 32.4 Å². The molecular weight excluding hydrogens is 340 g/mol. The highest BCUT2D eigenvalue weighted by Crippen LogP contribution is 2.52. The van der Waals surface area contributed by atoms with Crippen molar-refractivity contribution in [1.29, 1.82) is 0 Å². The van der Waals surface area contributed by atoms with Crippen molar-refractivity contribution in [2.45, 2.75) is 27.2 Å². The van der Waals surface area contributed by atoms with Gasteiger partial charge in [-0.1, -0.05) is 26.0 Å². The zero-order valence-corrected chi connectivity index (χ0v) is 16.7. The maximum atomic E-state index is 6.56. The Kier molecular flexibility index (Phi) is 3.26. The molecule has 1 aliphatic heterocycles. The lowest BCUT2D eigenvalue weighted by molar-refractivity contribution is -0.633. The Morgan fingerprint density at radius 3 is 2.77 bits per heavy atom. The minimum atomic E-state index is 0.569. The van der Waals surface area contributed by atoms with Crippen LogP contribution in [0.4, 0.5) is 0 Å². The first-order chi connectivity index (χ1) is 12.5. The van der Waals surface area contributed by atoms with E-state index in [0.717, 1.165) is 17.9 Å². The number of nitrogens with zero attached hydrogens (tertiary/aromatic N) is 2. The average Bonchev–Trinajstić information content (AvgIpc) is 3.15. The third kappa shape index (κ3) is 1.91. The molecule has 26 heavy (non-hydrogen) atoms. The second-order valence-electron chi connectivity index (χ2n) is 7.73. The summed E-state index contributed by atoms with van der Waals surface area (Å²) in [7, 11) is 4.32. The van der Waals surface area contributed by atoms with E-state index >= 15 is 0 Å². The van der Waals surface area contributed by atoms with Crippen LogP contribution in [0.5, 0.6) is 11.5 Å². The molecule has 0 atom stereocenters. The van der Waals surface area contributed by atoms with E-state index in [1.165, 1.54) is 43.6 Å². The number of rotatable bonds is 2. The molecule has 3 nitrogen and oxygen atoms in total. The summed E-state index contributed by atoms with van der Waals surface area (Å²) in [6.45, 7) is 6.77. The molecule has 4 heterocycles. The van der Waals surface area contributed by atoms with Gasteiger partial charge in [-0.25, -0.2) is 0 Å². The molecule has 3 aromatic heterocycles. The Labute approximate surface area is 157 Å². The number of benzene rings is 1. The van der Waals surface area contributed by atoms with Gasteiger partial charge < -0.3 is 9.30 Å². The molecule has 0 fully saturated rings. The number of hydrogen-bond acceptors (Lipinski definition) is 2.